The quantitative estimate of drug-likeness (QED) is 0.790. The second-order valence-electron chi connectivity index (χ2n) is 6.17. The summed E-state index contributed by atoms with van der Waals surface area (Å²) in [7, 11) is 0. The lowest BCUT2D eigenvalue weighted by Crippen LogP contribution is -2.28. The fourth-order valence-electron chi connectivity index (χ4n) is 3.20. The maximum Gasteiger partial charge on any atom is 0.255 e. The van der Waals surface area contributed by atoms with Crippen LogP contribution in [0.25, 0.3) is 0 Å². The second kappa shape index (κ2) is 8.00. The van der Waals surface area contributed by atoms with Crippen molar-refractivity contribution in [2.45, 2.75) is 25.3 Å². The van der Waals surface area contributed by atoms with Crippen molar-refractivity contribution >= 4 is 29.1 Å². The molecule has 2 amide bonds. The van der Waals surface area contributed by atoms with Gasteiger partial charge in [0.2, 0.25) is 5.91 Å². The van der Waals surface area contributed by atoms with E-state index in [0.29, 0.717) is 24.1 Å². The lowest BCUT2D eigenvalue weighted by Gasteiger charge is -2.16. The molecule has 0 spiro atoms. The van der Waals surface area contributed by atoms with Crippen molar-refractivity contribution in [3.63, 3.8) is 0 Å². The number of rotatable bonds is 5. The number of alkyl halides is 1. The van der Waals surface area contributed by atoms with Crippen LogP contribution in [-0.4, -0.2) is 18.5 Å². The number of carbonyl (C=O) groups excluding carboxylic acids is 2. The number of anilines is 1. The van der Waals surface area contributed by atoms with E-state index in [1.165, 1.54) is 18.2 Å². The average Bonchev–Trinajstić information content (AvgIpc) is 3.03. The van der Waals surface area contributed by atoms with E-state index >= 15 is 0 Å². The Balaban J connectivity index is 1.85. The predicted octanol–water partition coefficient (Wildman–Crippen LogP) is 4.33. The van der Waals surface area contributed by atoms with E-state index in [1.807, 2.05) is 0 Å². The molecule has 0 radical (unpaired) electrons. The molecular weight excluding hydrogens is 381 g/mol. The van der Waals surface area contributed by atoms with Gasteiger partial charge in [0.15, 0.2) is 0 Å². The van der Waals surface area contributed by atoms with Gasteiger partial charge in [-0.25, -0.2) is 8.78 Å². The lowest BCUT2D eigenvalue weighted by atomic mass is 10.0. The Kier molecular flexibility index (Phi) is 5.70. The first-order valence-electron chi connectivity index (χ1n) is 8.33. The summed E-state index contributed by atoms with van der Waals surface area (Å²) in [6, 6.07) is 5.68. The van der Waals surface area contributed by atoms with Crippen LogP contribution >= 0.6 is 11.6 Å². The second-order valence-corrected chi connectivity index (χ2v) is 6.58. The zero-order valence-corrected chi connectivity index (χ0v) is 14.9. The monoisotopic (exact) mass is 396 g/mol. The van der Waals surface area contributed by atoms with E-state index in [1.54, 1.807) is 0 Å². The van der Waals surface area contributed by atoms with Crippen molar-refractivity contribution in [3.05, 3.63) is 63.7 Å². The van der Waals surface area contributed by atoms with Gasteiger partial charge in [0.05, 0.1) is 24.2 Å². The summed E-state index contributed by atoms with van der Waals surface area (Å²) < 4.78 is 39.9. The number of hydrogen-bond donors (Lipinski definition) is 2. The molecule has 27 heavy (non-hydrogen) atoms. The highest BCUT2D eigenvalue weighted by Gasteiger charge is 2.31. The van der Waals surface area contributed by atoms with E-state index in [-0.39, 0.29) is 22.6 Å². The molecule has 1 aliphatic rings. The largest absolute Gasteiger partial charge is 0.349 e. The first-order chi connectivity index (χ1) is 12.9. The summed E-state index contributed by atoms with van der Waals surface area (Å²) in [6.07, 6.45) is 0.510. The fourth-order valence-corrected chi connectivity index (χ4v) is 3.38. The Morgan fingerprint density at radius 2 is 1.89 bits per heavy atom. The number of benzene rings is 2. The molecule has 0 fully saturated rings. The smallest absolute Gasteiger partial charge is 0.255 e. The van der Waals surface area contributed by atoms with Gasteiger partial charge in [0.1, 0.15) is 11.6 Å². The number of nitrogens with one attached hydrogen (secondary N) is 2. The Labute approximate surface area is 158 Å². The zero-order valence-electron chi connectivity index (χ0n) is 14.1. The number of halogens is 4. The maximum absolute atomic E-state index is 14.3. The van der Waals surface area contributed by atoms with Crippen LogP contribution in [0.2, 0.25) is 5.02 Å². The average molecular weight is 397 g/mol. The van der Waals surface area contributed by atoms with Crippen LogP contribution in [0.3, 0.4) is 0 Å². The van der Waals surface area contributed by atoms with E-state index < -0.39 is 36.2 Å². The molecule has 2 N–H and O–H groups in total. The van der Waals surface area contributed by atoms with Crippen molar-refractivity contribution < 1.29 is 22.8 Å². The van der Waals surface area contributed by atoms with Crippen LogP contribution in [0, 0.1) is 11.6 Å². The highest BCUT2D eigenvalue weighted by Crippen LogP contribution is 2.36. The van der Waals surface area contributed by atoms with Crippen LogP contribution in [0.4, 0.5) is 18.9 Å². The Bertz CT molecular complexity index is 905. The molecular formula is C19H16ClF3N2O2. The standard InChI is InChI=1S/C19H16ClF3N2O2/c20-13-9-10(1-4-14(13)22)24-19(27)12-2-5-15(23)18-11(12)3-6-16(18)25-17(26)7-8-21/h1-2,4-5,9,16H,3,6-8H2,(H,24,27)(H,25,26). The minimum atomic E-state index is -0.795. The van der Waals surface area contributed by atoms with Gasteiger partial charge in [-0.15, -0.1) is 0 Å². The molecule has 1 aliphatic carbocycles. The van der Waals surface area contributed by atoms with E-state index in [4.69, 9.17) is 11.6 Å². The van der Waals surface area contributed by atoms with Crippen molar-refractivity contribution in [1.82, 2.24) is 5.32 Å². The van der Waals surface area contributed by atoms with Crippen molar-refractivity contribution in [1.29, 1.82) is 0 Å². The third-order valence-corrected chi connectivity index (χ3v) is 4.70. The summed E-state index contributed by atoms with van der Waals surface area (Å²) in [5, 5.41) is 5.07. The van der Waals surface area contributed by atoms with Crippen LogP contribution in [-0.2, 0) is 11.2 Å². The van der Waals surface area contributed by atoms with Gasteiger partial charge in [0.25, 0.3) is 5.91 Å². The van der Waals surface area contributed by atoms with Gasteiger partial charge >= 0.3 is 0 Å². The van der Waals surface area contributed by atoms with Crippen molar-refractivity contribution in [2.24, 2.45) is 0 Å². The Morgan fingerprint density at radius 3 is 2.59 bits per heavy atom. The third kappa shape index (κ3) is 4.08. The Morgan fingerprint density at radius 1 is 1.15 bits per heavy atom. The van der Waals surface area contributed by atoms with Gasteiger partial charge in [-0.2, -0.15) is 0 Å². The molecule has 8 heteroatoms. The zero-order chi connectivity index (χ0) is 19.6. The molecule has 3 rings (SSSR count). The van der Waals surface area contributed by atoms with Crippen LogP contribution in [0.5, 0.6) is 0 Å². The van der Waals surface area contributed by atoms with Crippen LogP contribution in [0.15, 0.2) is 30.3 Å². The molecule has 1 unspecified atom stereocenters. The molecule has 0 bridgehead atoms. The summed E-state index contributed by atoms with van der Waals surface area (Å²) in [6.45, 7) is -0.795. The number of amides is 2. The van der Waals surface area contributed by atoms with Gasteiger partial charge in [-0.05, 0) is 48.7 Å². The maximum atomic E-state index is 14.3. The summed E-state index contributed by atoms with van der Waals surface area (Å²) in [4.78, 5) is 24.2. The summed E-state index contributed by atoms with van der Waals surface area (Å²) in [5.41, 5.74) is 1.29. The summed E-state index contributed by atoms with van der Waals surface area (Å²) in [5.74, 6) is -2.14. The third-order valence-electron chi connectivity index (χ3n) is 4.41. The molecule has 142 valence electrons. The van der Waals surface area contributed by atoms with Gasteiger partial charge in [0, 0.05) is 16.8 Å². The van der Waals surface area contributed by atoms with E-state index in [9.17, 15) is 22.8 Å². The van der Waals surface area contributed by atoms with E-state index in [0.717, 1.165) is 12.1 Å². The number of hydrogen-bond acceptors (Lipinski definition) is 2. The first-order valence-corrected chi connectivity index (χ1v) is 8.71. The molecule has 2 aromatic carbocycles. The molecule has 0 aromatic heterocycles. The first kappa shape index (κ1) is 19.2. The highest BCUT2D eigenvalue weighted by molar-refractivity contribution is 6.31. The van der Waals surface area contributed by atoms with Gasteiger partial charge < -0.3 is 10.6 Å². The number of carbonyl (C=O) groups is 2. The molecule has 1 atom stereocenters. The highest BCUT2D eigenvalue weighted by atomic mass is 35.5. The molecule has 4 nitrogen and oxygen atoms in total. The topological polar surface area (TPSA) is 58.2 Å². The van der Waals surface area contributed by atoms with Gasteiger partial charge in [-0.3, -0.25) is 14.0 Å². The van der Waals surface area contributed by atoms with Crippen LogP contribution in [0.1, 0.15) is 40.4 Å². The molecule has 0 heterocycles. The minimum absolute atomic E-state index is 0.132. The van der Waals surface area contributed by atoms with Crippen molar-refractivity contribution in [2.75, 3.05) is 12.0 Å². The van der Waals surface area contributed by atoms with Gasteiger partial charge in [-0.1, -0.05) is 11.6 Å². The molecule has 2 aromatic rings. The van der Waals surface area contributed by atoms with Crippen molar-refractivity contribution in [3.8, 4) is 0 Å². The molecule has 0 saturated carbocycles. The SMILES string of the molecule is O=C(CCF)NC1CCc2c(C(=O)Nc3ccc(F)c(Cl)c3)ccc(F)c21. The lowest BCUT2D eigenvalue weighted by molar-refractivity contribution is -0.122. The normalized spacial score (nSPS) is 15.3. The number of fused-ring (bicyclic) bond motifs is 1. The molecule has 0 aliphatic heterocycles. The minimum Gasteiger partial charge on any atom is -0.349 e. The fraction of sp³-hybridized carbons (Fsp3) is 0.263. The summed E-state index contributed by atoms with van der Waals surface area (Å²) >= 11 is 5.71. The predicted molar refractivity (Wildman–Crippen MR) is 95.6 cm³/mol. The molecule has 0 saturated heterocycles. The van der Waals surface area contributed by atoms with E-state index in [2.05, 4.69) is 10.6 Å². The van der Waals surface area contributed by atoms with Crippen LogP contribution < -0.4 is 10.6 Å². The Hall–Kier alpha value is -2.54.